The number of amides is 3. The zero-order chi connectivity index (χ0) is 19.6. The molecule has 3 aliphatic heterocycles. The van der Waals surface area contributed by atoms with E-state index < -0.39 is 23.8 Å². The van der Waals surface area contributed by atoms with Crippen LogP contribution in [0.25, 0.3) is 6.08 Å². The molecule has 28 heavy (non-hydrogen) atoms. The Morgan fingerprint density at radius 2 is 1.68 bits per heavy atom. The van der Waals surface area contributed by atoms with Crippen molar-refractivity contribution in [2.24, 2.45) is 17.6 Å². The van der Waals surface area contributed by atoms with E-state index in [0.29, 0.717) is 5.69 Å². The molecule has 3 amide bonds. The number of primary amides is 1. The number of nitrogens with zero attached hydrogens (tertiary/aromatic N) is 1. The van der Waals surface area contributed by atoms with Gasteiger partial charge < -0.3 is 5.73 Å². The monoisotopic (exact) mass is 374 g/mol. The summed E-state index contributed by atoms with van der Waals surface area (Å²) in [5, 5.41) is 0. The Kier molecular flexibility index (Phi) is 3.54. The van der Waals surface area contributed by atoms with Crippen molar-refractivity contribution in [2.75, 3.05) is 4.90 Å². The number of quaternary nitrogens is 1. The molecule has 5 rings (SSSR count). The maximum absolute atomic E-state index is 13.4. The number of aryl methyl sites for hydroxylation is 1. The highest BCUT2D eigenvalue weighted by atomic mass is 16.2. The standard InChI is InChI=1S/C22H19N3O3/c1-12-6-8-14(9-7-12)25-21(27)16-17(22(25)28)19(20(23)26)24-11-10-13-4-2-3-5-15(13)18(16)24/h2-11,16-19H,1H3,(H2,23,26)/p+1/t16-,17+,18+,19-/m0/s1. The fraction of sp³-hybridized carbons (Fsp3) is 0.227. The van der Waals surface area contributed by atoms with E-state index in [1.54, 1.807) is 12.1 Å². The SMILES string of the molecule is Cc1ccc(N2C(=O)[C@@H]3[C@H](C2=O)[C@H]2c4ccccc4C=C[NH+]2[C@@H]3C(N)=O)cc1. The number of fused-ring (bicyclic) bond motifs is 5. The molecule has 3 heterocycles. The Bertz CT molecular complexity index is 1040. The lowest BCUT2D eigenvalue weighted by atomic mass is 9.84. The molecule has 5 atom stereocenters. The predicted molar refractivity (Wildman–Crippen MR) is 103 cm³/mol. The van der Waals surface area contributed by atoms with Gasteiger partial charge in [0.25, 0.3) is 5.91 Å². The van der Waals surface area contributed by atoms with Gasteiger partial charge >= 0.3 is 0 Å². The van der Waals surface area contributed by atoms with Crippen LogP contribution in [0.5, 0.6) is 0 Å². The van der Waals surface area contributed by atoms with Crippen LogP contribution in [-0.2, 0) is 14.4 Å². The second-order valence-electron chi connectivity index (χ2n) is 7.72. The van der Waals surface area contributed by atoms with Crippen molar-refractivity contribution >= 4 is 29.5 Å². The molecule has 2 saturated heterocycles. The van der Waals surface area contributed by atoms with Crippen molar-refractivity contribution in [3.63, 3.8) is 0 Å². The molecule has 3 aliphatic rings. The van der Waals surface area contributed by atoms with Crippen LogP contribution in [0.1, 0.15) is 22.7 Å². The first-order chi connectivity index (χ1) is 13.5. The molecule has 0 spiro atoms. The van der Waals surface area contributed by atoms with Gasteiger partial charge in [-0.15, -0.1) is 0 Å². The maximum atomic E-state index is 13.4. The second kappa shape index (κ2) is 5.87. The topological polar surface area (TPSA) is 84.9 Å². The molecule has 2 fully saturated rings. The van der Waals surface area contributed by atoms with Gasteiger partial charge in [0.2, 0.25) is 11.8 Å². The van der Waals surface area contributed by atoms with Crippen LogP contribution in [0.15, 0.2) is 54.7 Å². The maximum Gasteiger partial charge on any atom is 0.277 e. The van der Waals surface area contributed by atoms with Crippen molar-refractivity contribution in [1.82, 2.24) is 0 Å². The van der Waals surface area contributed by atoms with Crippen LogP contribution < -0.4 is 15.5 Å². The lowest BCUT2D eigenvalue weighted by Crippen LogP contribution is -3.12. The molecule has 1 unspecified atom stereocenters. The van der Waals surface area contributed by atoms with Gasteiger partial charge in [-0.25, -0.2) is 4.90 Å². The smallest absolute Gasteiger partial charge is 0.277 e. The van der Waals surface area contributed by atoms with E-state index in [1.807, 2.05) is 55.6 Å². The molecule has 140 valence electrons. The van der Waals surface area contributed by atoms with Crippen LogP contribution >= 0.6 is 0 Å². The van der Waals surface area contributed by atoms with Gasteiger partial charge in [0.1, 0.15) is 17.9 Å². The number of nitrogens with two attached hydrogens (primary N) is 1. The molecule has 0 bridgehead atoms. The first kappa shape index (κ1) is 16.9. The predicted octanol–water partition coefficient (Wildman–Crippen LogP) is 0.579. The number of carbonyl (C=O) groups excluding carboxylic acids is 3. The minimum atomic E-state index is -0.758. The van der Waals surface area contributed by atoms with Gasteiger partial charge in [0, 0.05) is 5.56 Å². The highest BCUT2D eigenvalue weighted by molar-refractivity contribution is 6.23. The summed E-state index contributed by atoms with van der Waals surface area (Å²) < 4.78 is 0. The van der Waals surface area contributed by atoms with Crippen molar-refractivity contribution in [3.05, 3.63) is 71.4 Å². The summed E-state index contributed by atoms with van der Waals surface area (Å²) in [6.45, 7) is 1.95. The molecule has 0 aliphatic carbocycles. The quantitative estimate of drug-likeness (QED) is 0.754. The van der Waals surface area contributed by atoms with Gasteiger partial charge in [0.05, 0.1) is 11.9 Å². The number of anilines is 1. The number of hydrogen-bond acceptors (Lipinski definition) is 3. The molecule has 6 heteroatoms. The van der Waals surface area contributed by atoms with E-state index in [9.17, 15) is 14.4 Å². The van der Waals surface area contributed by atoms with Crippen LogP contribution in [0, 0.1) is 18.8 Å². The lowest BCUT2D eigenvalue weighted by Gasteiger charge is -2.30. The minimum absolute atomic E-state index is 0.254. The van der Waals surface area contributed by atoms with E-state index in [2.05, 4.69) is 0 Å². The van der Waals surface area contributed by atoms with Crippen LogP contribution in [0.2, 0.25) is 0 Å². The summed E-state index contributed by atoms with van der Waals surface area (Å²) in [7, 11) is 0. The van der Waals surface area contributed by atoms with Crippen molar-refractivity contribution in [1.29, 1.82) is 0 Å². The number of rotatable bonds is 2. The second-order valence-corrected chi connectivity index (χ2v) is 7.72. The molecule has 3 N–H and O–H groups in total. The molecule has 0 aromatic heterocycles. The minimum Gasteiger partial charge on any atom is -0.364 e. The summed E-state index contributed by atoms with van der Waals surface area (Å²) in [4.78, 5) is 41.1. The number of nitrogens with one attached hydrogen (secondary N) is 1. The molecule has 2 aromatic rings. The summed E-state index contributed by atoms with van der Waals surface area (Å²) in [5.74, 6) is -2.50. The highest BCUT2D eigenvalue weighted by Gasteiger charge is 2.67. The fourth-order valence-electron chi connectivity index (χ4n) is 5.02. The molecule has 6 nitrogen and oxygen atoms in total. The van der Waals surface area contributed by atoms with E-state index in [4.69, 9.17) is 5.73 Å². The van der Waals surface area contributed by atoms with Crippen LogP contribution in [0.3, 0.4) is 0 Å². The van der Waals surface area contributed by atoms with Gasteiger partial charge in [-0.1, -0.05) is 42.0 Å². The van der Waals surface area contributed by atoms with Crippen molar-refractivity contribution < 1.29 is 19.3 Å². The Labute approximate surface area is 162 Å². The summed E-state index contributed by atoms with van der Waals surface area (Å²) in [5.41, 5.74) is 9.29. The summed E-state index contributed by atoms with van der Waals surface area (Å²) in [6.07, 6.45) is 3.81. The fourth-order valence-corrected chi connectivity index (χ4v) is 5.02. The van der Waals surface area contributed by atoms with Crippen molar-refractivity contribution in [3.8, 4) is 0 Å². The third-order valence-electron chi connectivity index (χ3n) is 6.22. The van der Waals surface area contributed by atoms with E-state index in [-0.39, 0.29) is 17.9 Å². The lowest BCUT2D eigenvalue weighted by molar-refractivity contribution is -0.884. The van der Waals surface area contributed by atoms with Gasteiger partial charge in [-0.3, -0.25) is 19.3 Å². The average Bonchev–Trinajstić information content (AvgIpc) is 3.16. The first-order valence-electron chi connectivity index (χ1n) is 9.36. The van der Waals surface area contributed by atoms with E-state index >= 15 is 0 Å². The average molecular weight is 374 g/mol. The molecule has 0 radical (unpaired) electrons. The Hall–Kier alpha value is -3.25. The van der Waals surface area contributed by atoms with Crippen LogP contribution in [0.4, 0.5) is 5.69 Å². The number of hydrogen-bond donors (Lipinski definition) is 2. The molecular formula is C22H20N3O3+. The third-order valence-corrected chi connectivity index (χ3v) is 6.22. The van der Waals surface area contributed by atoms with Gasteiger partial charge in [-0.05, 0) is 30.7 Å². The Morgan fingerprint density at radius 3 is 2.39 bits per heavy atom. The molecular weight excluding hydrogens is 354 g/mol. The summed E-state index contributed by atoms with van der Waals surface area (Å²) >= 11 is 0. The summed E-state index contributed by atoms with van der Waals surface area (Å²) in [6, 6.07) is 14.0. The van der Waals surface area contributed by atoms with Gasteiger partial charge in [0.15, 0.2) is 6.04 Å². The zero-order valence-electron chi connectivity index (χ0n) is 15.3. The first-order valence-corrected chi connectivity index (χ1v) is 9.36. The van der Waals surface area contributed by atoms with Crippen molar-refractivity contribution in [2.45, 2.75) is 19.0 Å². The van der Waals surface area contributed by atoms with Crippen LogP contribution in [-0.4, -0.2) is 23.8 Å². The third kappa shape index (κ3) is 2.15. The Morgan fingerprint density at radius 1 is 1.00 bits per heavy atom. The normalized spacial score (nSPS) is 30.2. The zero-order valence-corrected chi connectivity index (χ0v) is 15.3. The number of benzene rings is 2. The number of carbonyl (C=O) groups is 3. The molecule has 0 saturated carbocycles. The van der Waals surface area contributed by atoms with E-state index in [1.165, 1.54) is 4.90 Å². The largest absolute Gasteiger partial charge is 0.364 e. The molecule has 2 aromatic carbocycles. The van der Waals surface area contributed by atoms with Gasteiger partial charge in [-0.2, -0.15) is 0 Å². The number of imide groups is 1. The highest BCUT2D eigenvalue weighted by Crippen LogP contribution is 2.44. The van der Waals surface area contributed by atoms with E-state index in [0.717, 1.165) is 21.6 Å². The Balaban J connectivity index is 1.65.